The number of nitrogens with zero attached hydrogens (tertiary/aromatic N) is 1. The van der Waals surface area contributed by atoms with Crippen LogP contribution in [0.15, 0.2) is 53.0 Å². The molecule has 0 saturated carbocycles. The Kier molecular flexibility index (Phi) is 6.56. The molecule has 0 unspecified atom stereocenters. The van der Waals surface area contributed by atoms with E-state index in [1.165, 1.54) is 0 Å². The van der Waals surface area contributed by atoms with Crippen molar-refractivity contribution in [1.82, 2.24) is 10.2 Å². The summed E-state index contributed by atoms with van der Waals surface area (Å²) >= 11 is 3.36. The standard InChI is InChI=1S/C21H23BrN2O5/c1-21(15-5-7-16(22)8-6-15)19(26)24(20(27)23-21)11-17(25)13-29-12-14-3-9-18(28-2)10-4-14/h3-10,17,25H,11-13H2,1-2H3,(H,23,27)/t17-,21-/m1/s1. The van der Waals surface area contributed by atoms with Crippen molar-refractivity contribution >= 4 is 27.9 Å². The van der Waals surface area contributed by atoms with Crippen molar-refractivity contribution < 1.29 is 24.2 Å². The van der Waals surface area contributed by atoms with Gasteiger partial charge in [-0.3, -0.25) is 9.69 Å². The van der Waals surface area contributed by atoms with Crippen LogP contribution in [-0.4, -0.2) is 48.3 Å². The molecule has 0 radical (unpaired) electrons. The van der Waals surface area contributed by atoms with E-state index in [2.05, 4.69) is 21.2 Å². The van der Waals surface area contributed by atoms with Crippen LogP contribution in [0.5, 0.6) is 5.75 Å². The molecule has 2 aromatic rings. The smallest absolute Gasteiger partial charge is 0.325 e. The molecule has 0 aliphatic carbocycles. The van der Waals surface area contributed by atoms with Gasteiger partial charge in [0.1, 0.15) is 11.3 Å². The maximum Gasteiger partial charge on any atom is 0.325 e. The van der Waals surface area contributed by atoms with Gasteiger partial charge in [0.15, 0.2) is 0 Å². The lowest BCUT2D eigenvalue weighted by atomic mass is 9.92. The predicted octanol–water partition coefficient (Wildman–Crippen LogP) is 2.80. The van der Waals surface area contributed by atoms with Gasteiger partial charge in [-0.1, -0.05) is 40.2 Å². The lowest BCUT2D eigenvalue weighted by Gasteiger charge is -2.23. The summed E-state index contributed by atoms with van der Waals surface area (Å²) in [4.78, 5) is 26.3. The number of rotatable bonds is 8. The Hall–Kier alpha value is -2.42. The third-order valence-corrected chi connectivity index (χ3v) is 5.36. The molecule has 1 fully saturated rings. The van der Waals surface area contributed by atoms with E-state index in [-0.39, 0.29) is 13.2 Å². The normalized spacial score (nSPS) is 19.9. The molecular weight excluding hydrogens is 440 g/mol. The van der Waals surface area contributed by atoms with Gasteiger partial charge in [0.05, 0.1) is 33.0 Å². The number of nitrogens with one attached hydrogen (secondary N) is 1. The molecule has 2 N–H and O–H groups in total. The first-order chi connectivity index (χ1) is 13.8. The summed E-state index contributed by atoms with van der Waals surface area (Å²) in [6.45, 7) is 1.82. The van der Waals surface area contributed by atoms with Gasteiger partial charge in [0, 0.05) is 4.47 Å². The number of hydrogen-bond acceptors (Lipinski definition) is 5. The van der Waals surface area contributed by atoms with E-state index >= 15 is 0 Å². The Labute approximate surface area is 177 Å². The van der Waals surface area contributed by atoms with Gasteiger partial charge in [0.25, 0.3) is 5.91 Å². The maximum absolute atomic E-state index is 12.9. The fourth-order valence-electron chi connectivity index (χ4n) is 3.14. The van der Waals surface area contributed by atoms with Gasteiger partial charge in [-0.25, -0.2) is 4.79 Å². The van der Waals surface area contributed by atoms with Gasteiger partial charge >= 0.3 is 6.03 Å². The highest BCUT2D eigenvalue weighted by molar-refractivity contribution is 9.10. The van der Waals surface area contributed by atoms with Crippen LogP contribution in [0.3, 0.4) is 0 Å². The lowest BCUT2D eigenvalue weighted by Crippen LogP contribution is -2.42. The molecule has 1 saturated heterocycles. The molecule has 154 valence electrons. The molecular formula is C21H23BrN2O5. The quantitative estimate of drug-likeness (QED) is 0.588. The van der Waals surface area contributed by atoms with Crippen LogP contribution in [0, 0.1) is 0 Å². The van der Waals surface area contributed by atoms with Crippen molar-refractivity contribution in [2.45, 2.75) is 25.2 Å². The second-order valence-corrected chi connectivity index (χ2v) is 7.91. The fourth-order valence-corrected chi connectivity index (χ4v) is 3.40. The first-order valence-electron chi connectivity index (χ1n) is 9.12. The number of carbonyl (C=O) groups is 2. The summed E-state index contributed by atoms with van der Waals surface area (Å²) in [6.07, 6.45) is -0.991. The monoisotopic (exact) mass is 462 g/mol. The zero-order chi connectivity index (χ0) is 21.0. The van der Waals surface area contributed by atoms with E-state index < -0.39 is 23.6 Å². The molecule has 7 nitrogen and oxygen atoms in total. The Morgan fingerprint density at radius 3 is 2.41 bits per heavy atom. The summed E-state index contributed by atoms with van der Waals surface area (Å²) in [5.74, 6) is 0.347. The number of aliphatic hydroxyl groups excluding tert-OH is 1. The molecule has 0 aromatic heterocycles. The van der Waals surface area contributed by atoms with Crippen molar-refractivity contribution in [3.05, 3.63) is 64.1 Å². The Morgan fingerprint density at radius 2 is 1.79 bits per heavy atom. The number of β-amino-alcohol motifs (C(OH)–C–C–N with tert-alkyl or cyclic N) is 1. The number of ether oxygens (including phenoxy) is 2. The minimum absolute atomic E-state index is 0.00190. The fraction of sp³-hybridized carbons (Fsp3) is 0.333. The SMILES string of the molecule is COc1ccc(COC[C@H](O)CN2C(=O)N[C@](C)(c3ccc(Br)cc3)C2=O)cc1. The molecule has 1 heterocycles. The Morgan fingerprint density at radius 1 is 1.14 bits per heavy atom. The number of hydrogen-bond donors (Lipinski definition) is 2. The summed E-state index contributed by atoms with van der Waals surface area (Å²) < 4.78 is 11.5. The first-order valence-corrected chi connectivity index (χ1v) is 9.91. The average Bonchev–Trinajstić information content (AvgIpc) is 2.93. The largest absolute Gasteiger partial charge is 0.497 e. The predicted molar refractivity (Wildman–Crippen MR) is 110 cm³/mol. The highest BCUT2D eigenvalue weighted by Gasteiger charge is 2.49. The molecule has 3 rings (SSSR count). The van der Waals surface area contributed by atoms with Crippen molar-refractivity contribution in [2.24, 2.45) is 0 Å². The molecule has 0 spiro atoms. The molecule has 1 aliphatic heterocycles. The van der Waals surface area contributed by atoms with E-state index in [1.807, 2.05) is 36.4 Å². The van der Waals surface area contributed by atoms with Crippen LogP contribution in [0.1, 0.15) is 18.1 Å². The van der Waals surface area contributed by atoms with Gasteiger partial charge in [-0.15, -0.1) is 0 Å². The van der Waals surface area contributed by atoms with E-state index in [0.717, 1.165) is 20.7 Å². The first kappa shape index (κ1) is 21.3. The number of amides is 3. The summed E-state index contributed by atoms with van der Waals surface area (Å²) in [5.41, 5.74) is 0.434. The zero-order valence-corrected chi connectivity index (χ0v) is 17.8. The summed E-state index contributed by atoms with van der Waals surface area (Å²) in [7, 11) is 1.60. The minimum atomic E-state index is -1.17. The molecule has 2 aromatic carbocycles. The van der Waals surface area contributed by atoms with Gasteiger partial charge < -0.3 is 19.9 Å². The lowest BCUT2D eigenvalue weighted by molar-refractivity contribution is -0.132. The molecule has 3 amide bonds. The van der Waals surface area contributed by atoms with Crippen LogP contribution in [0.4, 0.5) is 4.79 Å². The Bertz CT molecular complexity index is 872. The van der Waals surface area contributed by atoms with Gasteiger partial charge in [-0.2, -0.15) is 0 Å². The van der Waals surface area contributed by atoms with E-state index in [0.29, 0.717) is 12.2 Å². The molecule has 29 heavy (non-hydrogen) atoms. The summed E-state index contributed by atoms with van der Waals surface area (Å²) in [6, 6.07) is 14.0. The van der Waals surface area contributed by atoms with Crippen LogP contribution in [0.25, 0.3) is 0 Å². The minimum Gasteiger partial charge on any atom is -0.497 e. The second-order valence-electron chi connectivity index (χ2n) is 6.99. The Balaban J connectivity index is 1.55. The number of halogens is 1. The number of urea groups is 1. The van der Waals surface area contributed by atoms with Crippen molar-refractivity contribution in [2.75, 3.05) is 20.3 Å². The third-order valence-electron chi connectivity index (χ3n) is 4.83. The topological polar surface area (TPSA) is 88.1 Å². The molecule has 8 heteroatoms. The third kappa shape index (κ3) is 4.77. The van der Waals surface area contributed by atoms with Crippen LogP contribution in [0.2, 0.25) is 0 Å². The molecule has 0 bridgehead atoms. The maximum atomic E-state index is 12.9. The number of benzene rings is 2. The van der Waals surface area contributed by atoms with Crippen LogP contribution < -0.4 is 10.1 Å². The summed E-state index contributed by atoms with van der Waals surface area (Å²) in [5, 5.41) is 13.0. The zero-order valence-electron chi connectivity index (χ0n) is 16.2. The van der Waals surface area contributed by atoms with Gasteiger partial charge in [0.2, 0.25) is 0 Å². The highest BCUT2D eigenvalue weighted by atomic mass is 79.9. The average molecular weight is 463 g/mol. The number of imide groups is 1. The molecule has 1 aliphatic rings. The van der Waals surface area contributed by atoms with E-state index in [9.17, 15) is 14.7 Å². The van der Waals surface area contributed by atoms with Crippen molar-refractivity contribution in [3.8, 4) is 5.75 Å². The van der Waals surface area contributed by atoms with Crippen LogP contribution in [-0.2, 0) is 21.7 Å². The number of methoxy groups -OCH3 is 1. The number of aliphatic hydroxyl groups is 1. The second kappa shape index (κ2) is 8.94. The van der Waals surface area contributed by atoms with Crippen LogP contribution >= 0.6 is 15.9 Å². The number of carbonyl (C=O) groups excluding carboxylic acids is 2. The van der Waals surface area contributed by atoms with Crippen molar-refractivity contribution in [1.29, 1.82) is 0 Å². The van der Waals surface area contributed by atoms with E-state index in [4.69, 9.17) is 9.47 Å². The van der Waals surface area contributed by atoms with E-state index in [1.54, 1.807) is 26.2 Å². The highest BCUT2D eigenvalue weighted by Crippen LogP contribution is 2.29. The molecule has 2 atom stereocenters. The van der Waals surface area contributed by atoms with Gasteiger partial charge in [-0.05, 0) is 42.3 Å². The van der Waals surface area contributed by atoms with Crippen molar-refractivity contribution in [3.63, 3.8) is 0 Å².